The van der Waals surface area contributed by atoms with Crippen LogP contribution in [-0.4, -0.2) is 40.4 Å². The Labute approximate surface area is 184 Å². The van der Waals surface area contributed by atoms with Gasteiger partial charge in [-0.05, 0) is 48.5 Å². The second-order valence-electron chi connectivity index (χ2n) is 6.75. The van der Waals surface area contributed by atoms with E-state index in [1.807, 2.05) is 24.3 Å². The smallest absolute Gasteiger partial charge is 0.281 e. The lowest BCUT2D eigenvalue weighted by Crippen LogP contribution is -2.18. The second-order valence-corrected chi connectivity index (χ2v) is 6.75. The molecule has 0 saturated heterocycles. The number of nitrogens with one attached hydrogen (secondary N) is 1. The zero-order valence-corrected chi connectivity index (χ0v) is 17.3. The topological polar surface area (TPSA) is 95.3 Å². The van der Waals surface area contributed by atoms with Crippen molar-refractivity contribution in [2.75, 3.05) is 19.0 Å². The summed E-state index contributed by atoms with van der Waals surface area (Å²) in [5, 5.41) is 10.8. The number of benzene rings is 3. The first kappa shape index (κ1) is 20.8. The van der Waals surface area contributed by atoms with Gasteiger partial charge in [-0.15, -0.1) is 5.10 Å². The zero-order valence-electron chi connectivity index (χ0n) is 17.3. The van der Waals surface area contributed by atoms with Gasteiger partial charge in [0.2, 0.25) is 5.69 Å². The number of hydrogen-bond donors (Lipinski definition) is 1. The molecule has 1 amide bonds. The van der Waals surface area contributed by atoms with E-state index in [9.17, 15) is 9.59 Å². The van der Waals surface area contributed by atoms with Gasteiger partial charge in [-0.1, -0.05) is 41.6 Å². The molecule has 0 bridgehead atoms. The van der Waals surface area contributed by atoms with Crippen molar-refractivity contribution in [1.82, 2.24) is 15.0 Å². The van der Waals surface area contributed by atoms with Crippen LogP contribution in [0.2, 0.25) is 0 Å². The van der Waals surface area contributed by atoms with E-state index in [0.717, 1.165) is 0 Å². The molecule has 1 aromatic heterocycles. The lowest BCUT2D eigenvalue weighted by Gasteiger charge is -2.10. The first-order valence-electron chi connectivity index (χ1n) is 9.83. The van der Waals surface area contributed by atoms with Crippen LogP contribution in [0.3, 0.4) is 0 Å². The Morgan fingerprint density at radius 1 is 0.906 bits per heavy atom. The molecule has 0 aliphatic rings. The summed E-state index contributed by atoms with van der Waals surface area (Å²) >= 11 is 0. The monoisotopic (exact) mass is 428 g/mol. The van der Waals surface area contributed by atoms with Crippen molar-refractivity contribution < 1.29 is 19.1 Å². The summed E-state index contributed by atoms with van der Waals surface area (Å²) < 4.78 is 12.3. The highest BCUT2D eigenvalue weighted by molar-refractivity contribution is 6.04. The number of anilines is 1. The fourth-order valence-corrected chi connectivity index (χ4v) is 2.99. The third kappa shape index (κ3) is 4.65. The molecule has 0 aliphatic carbocycles. The van der Waals surface area contributed by atoms with Crippen molar-refractivity contribution in [2.24, 2.45) is 0 Å². The third-order valence-electron chi connectivity index (χ3n) is 4.63. The normalized spacial score (nSPS) is 10.4. The first-order chi connectivity index (χ1) is 15.7. The summed E-state index contributed by atoms with van der Waals surface area (Å²) in [6.45, 7) is -0.293. The second kappa shape index (κ2) is 9.57. The Morgan fingerprint density at radius 3 is 2.22 bits per heavy atom. The number of methoxy groups -OCH3 is 1. The minimum absolute atomic E-state index is 0.0276. The van der Waals surface area contributed by atoms with Crippen LogP contribution in [0, 0.1) is 0 Å². The highest BCUT2D eigenvalue weighted by Gasteiger charge is 2.23. The Kier molecular flexibility index (Phi) is 6.22. The predicted octanol–water partition coefficient (Wildman–Crippen LogP) is 3.79. The molecule has 0 aliphatic heterocycles. The van der Waals surface area contributed by atoms with Crippen LogP contribution in [0.1, 0.15) is 20.8 Å². The van der Waals surface area contributed by atoms with E-state index in [2.05, 4.69) is 15.6 Å². The molecule has 0 fully saturated rings. The van der Waals surface area contributed by atoms with Crippen LogP contribution in [0.15, 0.2) is 84.9 Å². The molecule has 8 heteroatoms. The number of aromatic nitrogens is 3. The number of amides is 1. The number of para-hydroxylation sites is 2. The summed E-state index contributed by atoms with van der Waals surface area (Å²) in [4.78, 5) is 25.5. The number of ketones is 1. The van der Waals surface area contributed by atoms with Crippen molar-refractivity contribution in [1.29, 1.82) is 0 Å². The number of carbonyl (C=O) groups is 2. The van der Waals surface area contributed by atoms with E-state index in [1.165, 1.54) is 4.68 Å². The summed E-state index contributed by atoms with van der Waals surface area (Å²) in [6, 6.07) is 24.8. The van der Waals surface area contributed by atoms with Gasteiger partial charge in [0, 0.05) is 11.3 Å². The van der Waals surface area contributed by atoms with Gasteiger partial charge in [0.25, 0.3) is 11.8 Å². The molecule has 32 heavy (non-hydrogen) atoms. The largest absolute Gasteiger partial charge is 0.497 e. The van der Waals surface area contributed by atoms with Crippen LogP contribution in [0.4, 0.5) is 5.69 Å². The summed E-state index contributed by atoms with van der Waals surface area (Å²) in [6.07, 6.45) is 0. The Hall–Kier alpha value is -4.46. The molecule has 3 aromatic carbocycles. The minimum atomic E-state index is -0.495. The highest BCUT2D eigenvalue weighted by atomic mass is 16.5. The van der Waals surface area contributed by atoms with E-state index >= 15 is 0 Å². The van der Waals surface area contributed by atoms with E-state index in [1.54, 1.807) is 67.8 Å². The highest BCUT2D eigenvalue weighted by Crippen LogP contribution is 2.22. The summed E-state index contributed by atoms with van der Waals surface area (Å²) in [5.41, 5.74) is 1.68. The van der Waals surface area contributed by atoms with E-state index in [-0.39, 0.29) is 24.0 Å². The number of rotatable bonds is 8. The molecular weight excluding hydrogens is 408 g/mol. The number of nitrogens with zero attached hydrogens (tertiary/aromatic N) is 3. The molecule has 0 radical (unpaired) electrons. The van der Waals surface area contributed by atoms with Crippen molar-refractivity contribution in [3.05, 3.63) is 96.2 Å². The van der Waals surface area contributed by atoms with Crippen molar-refractivity contribution in [2.45, 2.75) is 0 Å². The molecule has 8 nitrogen and oxygen atoms in total. The Morgan fingerprint density at radius 2 is 1.56 bits per heavy atom. The van der Waals surface area contributed by atoms with Crippen molar-refractivity contribution >= 4 is 17.4 Å². The molecule has 0 spiro atoms. The van der Waals surface area contributed by atoms with E-state index < -0.39 is 5.91 Å². The average Bonchev–Trinajstić information content (AvgIpc) is 3.28. The number of ether oxygens (including phenoxy) is 2. The predicted molar refractivity (Wildman–Crippen MR) is 119 cm³/mol. The van der Waals surface area contributed by atoms with Gasteiger partial charge in [-0.25, -0.2) is 0 Å². The molecule has 0 atom stereocenters. The molecule has 0 saturated carbocycles. The van der Waals surface area contributed by atoms with Crippen LogP contribution < -0.4 is 14.8 Å². The number of hydrogen-bond acceptors (Lipinski definition) is 6. The quantitative estimate of drug-likeness (QED) is 0.429. The Bertz CT molecular complexity index is 1210. The fourth-order valence-electron chi connectivity index (χ4n) is 2.99. The summed E-state index contributed by atoms with van der Waals surface area (Å²) in [7, 11) is 1.56. The minimum Gasteiger partial charge on any atom is -0.497 e. The van der Waals surface area contributed by atoms with Gasteiger partial charge in [0.05, 0.1) is 12.8 Å². The van der Waals surface area contributed by atoms with Crippen molar-refractivity contribution in [3.63, 3.8) is 0 Å². The number of carbonyl (C=O) groups excluding carboxylic acids is 2. The lowest BCUT2D eigenvalue weighted by molar-refractivity contribution is 0.0908. The van der Waals surface area contributed by atoms with Crippen LogP contribution in [0.5, 0.6) is 11.6 Å². The standard InChI is InChI=1S/C24H20N4O4/c1-31-20-14-12-17(13-15-20)21(29)16-32-24-22(23(30)25-18-8-4-2-5-9-18)26-27-28(24)19-10-6-3-7-11-19/h2-15H,16H2,1H3,(H,25,30). The molecule has 0 unspecified atom stereocenters. The van der Waals surface area contributed by atoms with Gasteiger partial charge < -0.3 is 14.8 Å². The van der Waals surface area contributed by atoms with Gasteiger partial charge >= 0.3 is 0 Å². The Balaban J connectivity index is 1.59. The third-order valence-corrected chi connectivity index (χ3v) is 4.63. The summed E-state index contributed by atoms with van der Waals surface area (Å²) in [5.74, 6) is -0.0339. The molecule has 1 heterocycles. The molecule has 4 aromatic rings. The van der Waals surface area contributed by atoms with Gasteiger partial charge in [0.1, 0.15) is 5.75 Å². The van der Waals surface area contributed by atoms with Crippen LogP contribution >= 0.6 is 0 Å². The molecule has 160 valence electrons. The fraction of sp³-hybridized carbons (Fsp3) is 0.0833. The van der Waals surface area contributed by atoms with Crippen LogP contribution in [-0.2, 0) is 0 Å². The van der Waals surface area contributed by atoms with Gasteiger partial charge in [-0.3, -0.25) is 9.59 Å². The maximum atomic E-state index is 12.9. The number of Topliss-reactive ketones (excluding diaryl/α,β-unsaturated/α-hetero) is 1. The maximum Gasteiger partial charge on any atom is 0.281 e. The zero-order chi connectivity index (χ0) is 22.3. The van der Waals surface area contributed by atoms with E-state index in [0.29, 0.717) is 22.7 Å². The molecular formula is C24H20N4O4. The molecule has 4 rings (SSSR count). The van der Waals surface area contributed by atoms with Gasteiger partial charge in [-0.2, -0.15) is 4.68 Å². The SMILES string of the molecule is COc1ccc(C(=O)COc2c(C(=O)Nc3ccccc3)nnn2-c2ccccc2)cc1. The van der Waals surface area contributed by atoms with Crippen LogP contribution in [0.25, 0.3) is 5.69 Å². The average molecular weight is 428 g/mol. The maximum absolute atomic E-state index is 12.9. The van der Waals surface area contributed by atoms with Crippen molar-refractivity contribution in [3.8, 4) is 17.3 Å². The van der Waals surface area contributed by atoms with E-state index in [4.69, 9.17) is 9.47 Å². The molecule has 1 N–H and O–H groups in total. The van der Waals surface area contributed by atoms with Gasteiger partial charge in [0.15, 0.2) is 12.4 Å². The lowest BCUT2D eigenvalue weighted by atomic mass is 10.1. The first-order valence-corrected chi connectivity index (χ1v) is 9.83.